The Morgan fingerprint density at radius 2 is 2.06 bits per heavy atom. The second-order valence-electron chi connectivity index (χ2n) is 4.03. The Morgan fingerprint density at radius 1 is 1.11 bits per heavy atom. The van der Waals surface area contributed by atoms with Crippen molar-refractivity contribution in [2.45, 2.75) is 0 Å². The van der Waals surface area contributed by atoms with Crippen molar-refractivity contribution >= 4 is 23.1 Å². The highest BCUT2D eigenvalue weighted by atomic mass is 19.1. The molecule has 3 rings (SSSR count). The Kier molecular flexibility index (Phi) is 2.65. The summed E-state index contributed by atoms with van der Waals surface area (Å²) in [7, 11) is 0. The topological polar surface area (TPSA) is 28.7 Å². The van der Waals surface area contributed by atoms with Gasteiger partial charge in [-0.2, -0.15) is 0 Å². The van der Waals surface area contributed by atoms with Crippen LogP contribution in [0, 0.1) is 5.82 Å². The lowest BCUT2D eigenvalue weighted by atomic mass is 10.1. The predicted octanol–water partition coefficient (Wildman–Crippen LogP) is 3.87. The van der Waals surface area contributed by atoms with Crippen LogP contribution in [-0.2, 0) is 0 Å². The number of hydrogen-bond acceptors (Lipinski definition) is 1. The van der Waals surface area contributed by atoms with Crippen LogP contribution in [0.25, 0.3) is 23.1 Å². The highest BCUT2D eigenvalue weighted by Crippen LogP contribution is 2.23. The summed E-state index contributed by atoms with van der Waals surface area (Å²) in [6.07, 6.45) is 9.10. The summed E-state index contributed by atoms with van der Waals surface area (Å²) >= 11 is 0. The molecule has 0 radical (unpaired) electrons. The van der Waals surface area contributed by atoms with Gasteiger partial charge in [0.05, 0.1) is 0 Å². The molecule has 0 unspecified atom stereocenters. The third kappa shape index (κ3) is 1.91. The average Bonchev–Trinajstić information content (AvgIpc) is 2.82. The average molecular weight is 238 g/mol. The lowest BCUT2D eigenvalue weighted by molar-refractivity contribution is 0.640. The highest BCUT2D eigenvalue weighted by Gasteiger charge is 2.05. The van der Waals surface area contributed by atoms with Crippen LogP contribution in [0.4, 0.5) is 4.39 Å². The first-order chi connectivity index (χ1) is 8.84. The van der Waals surface area contributed by atoms with Gasteiger partial charge in [0, 0.05) is 35.1 Å². The summed E-state index contributed by atoms with van der Waals surface area (Å²) in [6.45, 7) is 0. The smallest absolute Gasteiger partial charge is 0.133 e. The lowest BCUT2D eigenvalue weighted by Crippen LogP contribution is -1.77. The second-order valence-corrected chi connectivity index (χ2v) is 4.03. The fourth-order valence-corrected chi connectivity index (χ4v) is 1.96. The van der Waals surface area contributed by atoms with Gasteiger partial charge >= 0.3 is 0 Å². The zero-order valence-electron chi connectivity index (χ0n) is 9.60. The van der Waals surface area contributed by atoms with E-state index in [4.69, 9.17) is 0 Å². The van der Waals surface area contributed by atoms with Gasteiger partial charge in [-0.25, -0.2) is 4.39 Å². The fourth-order valence-electron chi connectivity index (χ4n) is 1.96. The molecule has 0 bridgehead atoms. The maximum atomic E-state index is 13.7. The van der Waals surface area contributed by atoms with Gasteiger partial charge in [-0.1, -0.05) is 24.3 Å². The number of H-pyrrole nitrogens is 1. The van der Waals surface area contributed by atoms with E-state index >= 15 is 0 Å². The molecular weight excluding hydrogens is 227 g/mol. The van der Waals surface area contributed by atoms with E-state index in [1.54, 1.807) is 24.7 Å². The molecule has 1 aromatic carbocycles. The minimum absolute atomic E-state index is 0.209. The normalized spacial score (nSPS) is 11.4. The number of nitrogens with zero attached hydrogens (tertiary/aromatic N) is 1. The molecule has 18 heavy (non-hydrogen) atoms. The van der Waals surface area contributed by atoms with Gasteiger partial charge in [0.1, 0.15) is 5.82 Å². The van der Waals surface area contributed by atoms with Crippen LogP contribution in [0.3, 0.4) is 0 Å². The molecule has 0 atom stereocenters. The van der Waals surface area contributed by atoms with Gasteiger partial charge < -0.3 is 4.98 Å². The Balaban J connectivity index is 2.03. The molecule has 2 heterocycles. The summed E-state index contributed by atoms with van der Waals surface area (Å²) in [6, 6.07) is 8.85. The molecule has 3 aromatic rings. The van der Waals surface area contributed by atoms with Gasteiger partial charge in [0.2, 0.25) is 0 Å². The standard InChI is InChI=1S/C15H11FN2/c16-13-4-1-5-14-15(13)12(10-18-14)7-6-11-3-2-8-17-9-11/h1-10,18H/b7-6+. The van der Waals surface area contributed by atoms with Crippen molar-refractivity contribution in [1.29, 1.82) is 0 Å². The van der Waals surface area contributed by atoms with Gasteiger partial charge in [0.25, 0.3) is 0 Å². The number of halogens is 1. The summed E-state index contributed by atoms with van der Waals surface area (Å²) in [5.74, 6) is -0.209. The molecule has 0 spiro atoms. The number of benzene rings is 1. The number of fused-ring (bicyclic) bond motifs is 1. The van der Waals surface area contributed by atoms with Crippen LogP contribution in [-0.4, -0.2) is 9.97 Å². The van der Waals surface area contributed by atoms with E-state index in [2.05, 4.69) is 9.97 Å². The molecule has 0 amide bonds. The molecule has 88 valence electrons. The molecule has 3 heteroatoms. The minimum atomic E-state index is -0.209. The minimum Gasteiger partial charge on any atom is -0.360 e. The van der Waals surface area contributed by atoms with Crippen molar-refractivity contribution in [3.8, 4) is 0 Å². The van der Waals surface area contributed by atoms with Crippen molar-refractivity contribution in [2.24, 2.45) is 0 Å². The number of nitrogens with one attached hydrogen (secondary N) is 1. The summed E-state index contributed by atoms with van der Waals surface area (Å²) in [5.41, 5.74) is 2.64. The van der Waals surface area contributed by atoms with E-state index in [9.17, 15) is 4.39 Å². The predicted molar refractivity (Wildman–Crippen MR) is 71.4 cm³/mol. The molecule has 0 aliphatic carbocycles. The summed E-state index contributed by atoms with van der Waals surface area (Å²) in [5, 5.41) is 0.623. The highest BCUT2D eigenvalue weighted by molar-refractivity contribution is 5.91. The lowest BCUT2D eigenvalue weighted by Gasteiger charge is -1.94. The molecule has 0 aliphatic rings. The fraction of sp³-hybridized carbons (Fsp3) is 0. The first kappa shape index (κ1) is 10.7. The molecule has 0 aliphatic heterocycles. The Morgan fingerprint density at radius 3 is 2.89 bits per heavy atom. The molecule has 2 aromatic heterocycles. The quantitative estimate of drug-likeness (QED) is 0.721. The van der Waals surface area contributed by atoms with E-state index in [0.29, 0.717) is 5.39 Å². The van der Waals surface area contributed by atoms with Crippen LogP contribution in [0.15, 0.2) is 48.9 Å². The van der Waals surface area contributed by atoms with Gasteiger partial charge in [-0.05, 0) is 23.8 Å². The van der Waals surface area contributed by atoms with E-state index in [1.165, 1.54) is 6.07 Å². The first-order valence-electron chi connectivity index (χ1n) is 5.68. The maximum absolute atomic E-state index is 13.7. The van der Waals surface area contributed by atoms with Crippen LogP contribution in [0.1, 0.15) is 11.1 Å². The van der Waals surface area contributed by atoms with Crippen LogP contribution in [0.5, 0.6) is 0 Å². The summed E-state index contributed by atoms with van der Waals surface area (Å²) in [4.78, 5) is 7.09. The summed E-state index contributed by atoms with van der Waals surface area (Å²) < 4.78 is 13.7. The number of aromatic nitrogens is 2. The Bertz CT molecular complexity index is 699. The van der Waals surface area contributed by atoms with Gasteiger partial charge in [-0.15, -0.1) is 0 Å². The van der Waals surface area contributed by atoms with Crippen LogP contribution in [0.2, 0.25) is 0 Å². The van der Waals surface area contributed by atoms with Crippen LogP contribution < -0.4 is 0 Å². The van der Waals surface area contributed by atoms with Crippen LogP contribution >= 0.6 is 0 Å². The second kappa shape index (κ2) is 4.45. The van der Waals surface area contributed by atoms with Gasteiger partial charge in [-0.3, -0.25) is 4.98 Å². The maximum Gasteiger partial charge on any atom is 0.133 e. The Labute approximate surface area is 104 Å². The zero-order valence-corrected chi connectivity index (χ0v) is 9.60. The van der Waals surface area contributed by atoms with Crippen molar-refractivity contribution < 1.29 is 4.39 Å². The Hall–Kier alpha value is -2.42. The first-order valence-corrected chi connectivity index (χ1v) is 5.68. The van der Waals surface area contributed by atoms with Crippen molar-refractivity contribution in [3.05, 3.63) is 65.9 Å². The SMILES string of the molecule is Fc1cccc2[nH]cc(/C=C/c3cccnc3)c12. The molecular formula is C15H11FN2. The number of pyridine rings is 1. The van der Waals surface area contributed by atoms with Crippen molar-refractivity contribution in [3.63, 3.8) is 0 Å². The van der Waals surface area contributed by atoms with E-state index in [-0.39, 0.29) is 5.82 Å². The van der Waals surface area contributed by atoms with Gasteiger partial charge in [0.15, 0.2) is 0 Å². The number of aromatic amines is 1. The molecule has 2 nitrogen and oxygen atoms in total. The molecule has 0 saturated carbocycles. The number of hydrogen-bond donors (Lipinski definition) is 1. The monoisotopic (exact) mass is 238 g/mol. The molecule has 0 fully saturated rings. The van der Waals surface area contributed by atoms with Crippen molar-refractivity contribution in [2.75, 3.05) is 0 Å². The molecule has 0 saturated heterocycles. The zero-order chi connectivity index (χ0) is 12.4. The van der Waals surface area contributed by atoms with E-state index in [0.717, 1.165) is 16.6 Å². The largest absolute Gasteiger partial charge is 0.360 e. The number of rotatable bonds is 2. The van der Waals surface area contributed by atoms with E-state index < -0.39 is 0 Å². The molecule has 1 N–H and O–H groups in total. The third-order valence-electron chi connectivity index (χ3n) is 2.83. The van der Waals surface area contributed by atoms with Crippen molar-refractivity contribution in [1.82, 2.24) is 9.97 Å². The van der Waals surface area contributed by atoms with E-state index in [1.807, 2.05) is 30.4 Å². The third-order valence-corrected chi connectivity index (χ3v) is 2.83.